The van der Waals surface area contributed by atoms with Crippen LogP contribution in [0.1, 0.15) is 20.3 Å². The molecule has 1 aliphatic rings. The first-order valence-corrected chi connectivity index (χ1v) is 7.58. The minimum absolute atomic E-state index is 0.0298. The fourth-order valence-electron chi connectivity index (χ4n) is 2.92. The molecule has 4 heteroatoms. The molecule has 1 heterocycles. The van der Waals surface area contributed by atoms with Crippen LogP contribution in [0, 0.1) is 0 Å². The Morgan fingerprint density at radius 1 is 1.37 bits per heavy atom. The molecule has 1 N–H and O–H groups in total. The van der Waals surface area contributed by atoms with E-state index >= 15 is 0 Å². The number of nitrogens with zero attached hydrogens (tertiary/aromatic N) is 2. The highest BCUT2D eigenvalue weighted by Gasteiger charge is 2.36. The second kappa shape index (κ2) is 5.81. The van der Waals surface area contributed by atoms with Crippen LogP contribution in [-0.2, 0) is 0 Å². The van der Waals surface area contributed by atoms with Crippen molar-refractivity contribution >= 4 is 21.6 Å². The molecule has 1 aromatic rings. The summed E-state index contributed by atoms with van der Waals surface area (Å²) in [6, 6.07) is 8.40. The van der Waals surface area contributed by atoms with E-state index in [4.69, 9.17) is 0 Å². The van der Waals surface area contributed by atoms with E-state index in [2.05, 4.69) is 64.8 Å². The first kappa shape index (κ1) is 14.8. The standard InChI is InChI=1S/C15H23BrN2O/c1-15(2)8-9-17(3)10-12(11-19)18(15)14-7-5-4-6-13(14)16/h4-7,12,19H,8-11H2,1-3H3. The lowest BCUT2D eigenvalue weighted by Crippen LogP contribution is -2.52. The molecule has 1 aromatic carbocycles. The third kappa shape index (κ3) is 3.12. The lowest BCUT2D eigenvalue weighted by molar-refractivity contribution is 0.224. The quantitative estimate of drug-likeness (QED) is 0.905. The molecule has 19 heavy (non-hydrogen) atoms. The monoisotopic (exact) mass is 326 g/mol. The summed E-state index contributed by atoms with van der Waals surface area (Å²) in [5.41, 5.74) is 1.20. The van der Waals surface area contributed by atoms with Crippen LogP contribution in [0.3, 0.4) is 0 Å². The van der Waals surface area contributed by atoms with Crippen molar-refractivity contribution in [1.29, 1.82) is 0 Å². The molecule has 0 saturated carbocycles. The molecule has 1 atom stereocenters. The van der Waals surface area contributed by atoms with Gasteiger partial charge in [-0.15, -0.1) is 0 Å². The molecular formula is C15H23BrN2O. The third-order valence-electron chi connectivity index (χ3n) is 3.97. The molecule has 3 nitrogen and oxygen atoms in total. The van der Waals surface area contributed by atoms with Gasteiger partial charge in [-0.25, -0.2) is 0 Å². The average molecular weight is 327 g/mol. The molecule has 1 fully saturated rings. The van der Waals surface area contributed by atoms with Crippen molar-refractivity contribution in [3.8, 4) is 0 Å². The summed E-state index contributed by atoms with van der Waals surface area (Å²) in [6.07, 6.45) is 1.08. The van der Waals surface area contributed by atoms with Gasteiger partial charge in [-0.2, -0.15) is 0 Å². The molecule has 0 aromatic heterocycles. The Morgan fingerprint density at radius 3 is 2.68 bits per heavy atom. The van der Waals surface area contributed by atoms with Gasteiger partial charge in [0.05, 0.1) is 18.3 Å². The third-order valence-corrected chi connectivity index (χ3v) is 4.64. The zero-order valence-corrected chi connectivity index (χ0v) is 13.5. The van der Waals surface area contributed by atoms with E-state index < -0.39 is 0 Å². The summed E-state index contributed by atoms with van der Waals surface area (Å²) in [4.78, 5) is 4.68. The van der Waals surface area contributed by atoms with E-state index in [9.17, 15) is 5.11 Å². The molecular weight excluding hydrogens is 304 g/mol. The normalized spacial score (nSPS) is 24.3. The van der Waals surface area contributed by atoms with Gasteiger partial charge in [0.1, 0.15) is 0 Å². The van der Waals surface area contributed by atoms with E-state index in [1.165, 1.54) is 5.69 Å². The molecule has 106 valence electrons. The van der Waals surface area contributed by atoms with Crippen molar-refractivity contribution in [3.63, 3.8) is 0 Å². The minimum atomic E-state index is 0.0298. The number of aliphatic hydroxyl groups excluding tert-OH is 1. The lowest BCUT2D eigenvalue weighted by Gasteiger charge is -2.44. The highest BCUT2D eigenvalue weighted by Crippen LogP contribution is 2.36. The van der Waals surface area contributed by atoms with Crippen molar-refractivity contribution in [2.75, 3.05) is 31.6 Å². The van der Waals surface area contributed by atoms with Crippen molar-refractivity contribution in [2.24, 2.45) is 0 Å². The zero-order chi connectivity index (χ0) is 14.0. The summed E-state index contributed by atoms with van der Waals surface area (Å²) in [7, 11) is 2.13. The molecule has 0 amide bonds. The Hall–Kier alpha value is -0.580. The average Bonchev–Trinajstić information content (AvgIpc) is 2.48. The predicted molar refractivity (Wildman–Crippen MR) is 83.7 cm³/mol. The van der Waals surface area contributed by atoms with Gasteiger partial charge in [0.2, 0.25) is 0 Å². The van der Waals surface area contributed by atoms with Crippen LogP contribution in [0.2, 0.25) is 0 Å². The number of hydrogen-bond donors (Lipinski definition) is 1. The van der Waals surface area contributed by atoms with E-state index in [1.807, 2.05) is 6.07 Å². The lowest BCUT2D eigenvalue weighted by atomic mass is 9.96. The SMILES string of the molecule is CN1CCC(C)(C)N(c2ccccc2Br)C(CO)C1. The van der Waals surface area contributed by atoms with Gasteiger partial charge in [0, 0.05) is 23.1 Å². The van der Waals surface area contributed by atoms with Crippen molar-refractivity contribution in [3.05, 3.63) is 28.7 Å². The van der Waals surface area contributed by atoms with Gasteiger partial charge >= 0.3 is 0 Å². The predicted octanol–water partition coefficient (Wildman–Crippen LogP) is 2.73. The van der Waals surface area contributed by atoms with Gasteiger partial charge in [-0.05, 0) is 55.4 Å². The maximum absolute atomic E-state index is 9.81. The Morgan fingerprint density at radius 2 is 2.05 bits per heavy atom. The molecule has 0 aliphatic carbocycles. The summed E-state index contributed by atoms with van der Waals surface area (Å²) in [5.74, 6) is 0. The number of rotatable bonds is 2. The first-order chi connectivity index (χ1) is 8.95. The number of hydrogen-bond acceptors (Lipinski definition) is 3. The second-order valence-electron chi connectivity index (χ2n) is 5.98. The maximum atomic E-state index is 9.81. The number of likely N-dealkylation sites (N-methyl/N-ethyl adjacent to an activating group) is 1. The molecule has 0 radical (unpaired) electrons. The van der Waals surface area contributed by atoms with Gasteiger partial charge < -0.3 is 14.9 Å². The number of benzene rings is 1. The fraction of sp³-hybridized carbons (Fsp3) is 0.600. The summed E-state index contributed by atoms with van der Waals surface area (Å²) < 4.78 is 1.09. The van der Waals surface area contributed by atoms with Crippen LogP contribution < -0.4 is 4.90 Å². The molecule has 2 rings (SSSR count). The maximum Gasteiger partial charge on any atom is 0.0653 e. The zero-order valence-electron chi connectivity index (χ0n) is 11.9. The second-order valence-corrected chi connectivity index (χ2v) is 6.84. The van der Waals surface area contributed by atoms with Gasteiger partial charge in [-0.1, -0.05) is 12.1 Å². The Kier molecular flexibility index (Phi) is 4.54. The highest BCUT2D eigenvalue weighted by atomic mass is 79.9. The summed E-state index contributed by atoms with van der Waals surface area (Å²) in [6.45, 7) is 6.64. The molecule has 1 aliphatic heterocycles. The summed E-state index contributed by atoms with van der Waals surface area (Å²) in [5, 5.41) is 9.81. The number of halogens is 1. The smallest absolute Gasteiger partial charge is 0.0653 e. The Bertz CT molecular complexity index is 436. The van der Waals surface area contributed by atoms with Crippen LogP contribution in [-0.4, -0.2) is 48.3 Å². The first-order valence-electron chi connectivity index (χ1n) is 6.79. The molecule has 0 spiro atoms. The van der Waals surface area contributed by atoms with E-state index in [0.29, 0.717) is 0 Å². The highest BCUT2D eigenvalue weighted by molar-refractivity contribution is 9.10. The van der Waals surface area contributed by atoms with Gasteiger partial charge in [0.15, 0.2) is 0 Å². The number of para-hydroxylation sites is 1. The van der Waals surface area contributed by atoms with Gasteiger partial charge in [-0.3, -0.25) is 0 Å². The largest absolute Gasteiger partial charge is 0.394 e. The van der Waals surface area contributed by atoms with Crippen LogP contribution in [0.25, 0.3) is 0 Å². The number of anilines is 1. The van der Waals surface area contributed by atoms with E-state index in [0.717, 1.165) is 24.0 Å². The van der Waals surface area contributed by atoms with Crippen LogP contribution in [0.15, 0.2) is 28.7 Å². The fourth-order valence-corrected chi connectivity index (χ4v) is 3.40. The van der Waals surface area contributed by atoms with E-state index in [1.54, 1.807) is 0 Å². The molecule has 1 unspecified atom stereocenters. The van der Waals surface area contributed by atoms with Crippen molar-refractivity contribution < 1.29 is 5.11 Å². The van der Waals surface area contributed by atoms with Crippen LogP contribution >= 0.6 is 15.9 Å². The van der Waals surface area contributed by atoms with Crippen molar-refractivity contribution in [1.82, 2.24) is 4.90 Å². The van der Waals surface area contributed by atoms with Crippen molar-refractivity contribution in [2.45, 2.75) is 31.8 Å². The topological polar surface area (TPSA) is 26.7 Å². The van der Waals surface area contributed by atoms with Gasteiger partial charge in [0.25, 0.3) is 0 Å². The van der Waals surface area contributed by atoms with Crippen LogP contribution in [0.5, 0.6) is 0 Å². The minimum Gasteiger partial charge on any atom is -0.394 e. The molecule has 0 bridgehead atoms. The Balaban J connectivity index is 2.44. The number of aliphatic hydroxyl groups is 1. The summed E-state index contributed by atoms with van der Waals surface area (Å²) >= 11 is 3.64. The van der Waals surface area contributed by atoms with E-state index in [-0.39, 0.29) is 18.2 Å². The van der Waals surface area contributed by atoms with Crippen LogP contribution in [0.4, 0.5) is 5.69 Å². The molecule has 1 saturated heterocycles. The Labute approximate surface area is 124 Å².